The van der Waals surface area contributed by atoms with Crippen LogP contribution in [-0.2, 0) is 9.47 Å². The van der Waals surface area contributed by atoms with Gasteiger partial charge in [0, 0.05) is 19.0 Å². The minimum Gasteiger partial charge on any atom is -0.501 e. The molecule has 0 atom stereocenters. The number of rotatable bonds is 3. The number of nitrogens with zero attached hydrogens (tertiary/aromatic N) is 1. The second-order valence-corrected chi connectivity index (χ2v) is 3.95. The van der Waals surface area contributed by atoms with Gasteiger partial charge in [0.15, 0.2) is 0 Å². The van der Waals surface area contributed by atoms with Crippen molar-refractivity contribution >= 4 is 6.09 Å². The van der Waals surface area contributed by atoms with Gasteiger partial charge in [-0.3, -0.25) is 0 Å². The molecule has 0 radical (unpaired) electrons. The van der Waals surface area contributed by atoms with Crippen LogP contribution in [0.4, 0.5) is 4.79 Å². The lowest BCUT2D eigenvalue weighted by Crippen LogP contribution is -2.38. The molecule has 0 unspecified atom stereocenters. The summed E-state index contributed by atoms with van der Waals surface area (Å²) in [6.07, 6.45) is 4.79. The van der Waals surface area contributed by atoms with Crippen LogP contribution in [0.15, 0.2) is 11.8 Å². The maximum atomic E-state index is 11.3. The minimum atomic E-state index is -0.225. The Kier molecular flexibility index (Phi) is 5.15. The molecule has 1 heterocycles. The van der Waals surface area contributed by atoms with Crippen LogP contribution in [0.3, 0.4) is 0 Å². The topological polar surface area (TPSA) is 38.8 Å². The van der Waals surface area contributed by atoms with E-state index in [4.69, 9.17) is 9.47 Å². The van der Waals surface area contributed by atoms with E-state index in [1.807, 2.05) is 0 Å². The lowest BCUT2D eigenvalue weighted by Gasteiger charge is -2.31. The highest BCUT2D eigenvalue weighted by atomic mass is 16.5. The molecule has 1 rings (SSSR count). The molecule has 4 nitrogen and oxygen atoms in total. The van der Waals surface area contributed by atoms with E-state index < -0.39 is 0 Å². The zero-order valence-electron chi connectivity index (χ0n) is 10.4. The first-order valence-electron chi connectivity index (χ1n) is 5.79. The SMILES string of the molecule is CC/C=C(\OC)C1CCN(C(=O)OC)CC1. The molecule has 0 aromatic carbocycles. The predicted molar refractivity (Wildman–Crippen MR) is 62.1 cm³/mol. The van der Waals surface area contributed by atoms with Crippen molar-refractivity contribution in [2.45, 2.75) is 26.2 Å². The molecule has 16 heavy (non-hydrogen) atoms. The molecule has 1 saturated heterocycles. The van der Waals surface area contributed by atoms with Gasteiger partial charge in [-0.25, -0.2) is 4.79 Å². The van der Waals surface area contributed by atoms with E-state index in [1.54, 1.807) is 12.0 Å². The molecular formula is C12H21NO3. The first-order chi connectivity index (χ1) is 7.72. The molecular weight excluding hydrogens is 206 g/mol. The van der Waals surface area contributed by atoms with Gasteiger partial charge in [-0.05, 0) is 25.3 Å². The number of amides is 1. The van der Waals surface area contributed by atoms with Gasteiger partial charge in [0.1, 0.15) is 0 Å². The number of methoxy groups -OCH3 is 2. The number of hydrogen-bond donors (Lipinski definition) is 0. The average molecular weight is 227 g/mol. The fourth-order valence-electron chi connectivity index (χ4n) is 2.09. The summed E-state index contributed by atoms with van der Waals surface area (Å²) < 4.78 is 10.1. The first-order valence-corrected chi connectivity index (χ1v) is 5.79. The van der Waals surface area contributed by atoms with E-state index >= 15 is 0 Å². The van der Waals surface area contributed by atoms with E-state index in [1.165, 1.54) is 7.11 Å². The van der Waals surface area contributed by atoms with Gasteiger partial charge in [-0.2, -0.15) is 0 Å². The smallest absolute Gasteiger partial charge is 0.409 e. The number of carbonyl (C=O) groups is 1. The molecule has 1 amide bonds. The number of ether oxygens (including phenoxy) is 2. The lowest BCUT2D eigenvalue weighted by atomic mass is 9.94. The Hall–Kier alpha value is -1.19. The van der Waals surface area contributed by atoms with Gasteiger partial charge in [0.05, 0.1) is 20.0 Å². The molecule has 92 valence electrons. The van der Waals surface area contributed by atoms with Gasteiger partial charge in [0.2, 0.25) is 0 Å². The first kappa shape index (κ1) is 12.9. The molecule has 1 aliphatic rings. The summed E-state index contributed by atoms with van der Waals surface area (Å²) >= 11 is 0. The monoisotopic (exact) mass is 227 g/mol. The number of carbonyl (C=O) groups excluding carboxylic acids is 1. The van der Waals surface area contributed by atoms with Gasteiger partial charge >= 0.3 is 6.09 Å². The second kappa shape index (κ2) is 6.40. The predicted octanol–water partition coefficient (Wildman–Crippen LogP) is 2.41. The Morgan fingerprint density at radius 1 is 1.31 bits per heavy atom. The maximum Gasteiger partial charge on any atom is 0.409 e. The van der Waals surface area contributed by atoms with Crippen molar-refractivity contribution in [2.75, 3.05) is 27.3 Å². The summed E-state index contributed by atoms with van der Waals surface area (Å²) in [5.41, 5.74) is 0. The van der Waals surface area contributed by atoms with E-state index in [0.717, 1.165) is 38.1 Å². The van der Waals surface area contributed by atoms with E-state index in [9.17, 15) is 4.79 Å². The van der Waals surface area contributed by atoms with Crippen LogP contribution in [0.1, 0.15) is 26.2 Å². The van der Waals surface area contributed by atoms with Crippen LogP contribution in [0.25, 0.3) is 0 Å². The lowest BCUT2D eigenvalue weighted by molar-refractivity contribution is 0.101. The van der Waals surface area contributed by atoms with Crippen molar-refractivity contribution in [3.8, 4) is 0 Å². The van der Waals surface area contributed by atoms with Gasteiger partial charge < -0.3 is 14.4 Å². The molecule has 0 spiro atoms. The van der Waals surface area contributed by atoms with Crippen molar-refractivity contribution in [3.05, 3.63) is 11.8 Å². The second-order valence-electron chi connectivity index (χ2n) is 3.95. The van der Waals surface area contributed by atoms with Crippen molar-refractivity contribution in [1.82, 2.24) is 4.90 Å². The van der Waals surface area contributed by atoms with E-state index in [-0.39, 0.29) is 6.09 Å². The Bertz CT molecular complexity index is 255. The highest BCUT2D eigenvalue weighted by Crippen LogP contribution is 2.25. The van der Waals surface area contributed by atoms with Crippen LogP contribution in [0, 0.1) is 5.92 Å². The summed E-state index contributed by atoms with van der Waals surface area (Å²) in [6.45, 7) is 3.60. The van der Waals surface area contributed by atoms with Crippen LogP contribution in [0.2, 0.25) is 0 Å². The van der Waals surface area contributed by atoms with Gasteiger partial charge in [0.25, 0.3) is 0 Å². The van der Waals surface area contributed by atoms with Crippen LogP contribution < -0.4 is 0 Å². The van der Waals surface area contributed by atoms with E-state index in [0.29, 0.717) is 5.92 Å². The van der Waals surface area contributed by atoms with Crippen molar-refractivity contribution in [3.63, 3.8) is 0 Å². The number of hydrogen-bond acceptors (Lipinski definition) is 3. The number of allylic oxidation sites excluding steroid dienone is 2. The minimum absolute atomic E-state index is 0.225. The van der Waals surface area contributed by atoms with Gasteiger partial charge in [-0.1, -0.05) is 6.92 Å². The summed E-state index contributed by atoms with van der Waals surface area (Å²) in [6, 6.07) is 0. The highest BCUT2D eigenvalue weighted by Gasteiger charge is 2.25. The Balaban J connectivity index is 2.48. The largest absolute Gasteiger partial charge is 0.501 e. The third-order valence-electron chi connectivity index (χ3n) is 2.97. The van der Waals surface area contributed by atoms with Crippen LogP contribution in [-0.4, -0.2) is 38.3 Å². The van der Waals surface area contributed by atoms with Crippen molar-refractivity contribution in [2.24, 2.45) is 5.92 Å². The average Bonchev–Trinajstić information content (AvgIpc) is 2.35. The highest BCUT2D eigenvalue weighted by molar-refractivity contribution is 5.67. The van der Waals surface area contributed by atoms with Crippen LogP contribution in [0.5, 0.6) is 0 Å². The zero-order valence-corrected chi connectivity index (χ0v) is 10.4. The fourth-order valence-corrected chi connectivity index (χ4v) is 2.09. The third kappa shape index (κ3) is 3.15. The molecule has 1 fully saturated rings. The summed E-state index contributed by atoms with van der Waals surface area (Å²) in [4.78, 5) is 13.0. The molecule has 0 saturated carbocycles. The Labute approximate surface area is 97.2 Å². The quantitative estimate of drug-likeness (QED) is 0.695. The van der Waals surface area contributed by atoms with Crippen molar-refractivity contribution in [1.29, 1.82) is 0 Å². The molecule has 0 bridgehead atoms. The maximum absolute atomic E-state index is 11.3. The number of piperidine rings is 1. The number of likely N-dealkylation sites (tertiary alicyclic amines) is 1. The third-order valence-corrected chi connectivity index (χ3v) is 2.97. The standard InChI is InChI=1S/C12H21NO3/c1-4-5-11(15-2)10-6-8-13(9-7-10)12(14)16-3/h5,10H,4,6-9H2,1-3H3/b11-5-. The summed E-state index contributed by atoms with van der Waals surface area (Å²) in [5.74, 6) is 1.51. The molecule has 4 heteroatoms. The summed E-state index contributed by atoms with van der Waals surface area (Å²) in [5, 5.41) is 0. The normalized spacial score (nSPS) is 18.4. The van der Waals surface area contributed by atoms with Crippen molar-refractivity contribution < 1.29 is 14.3 Å². The molecule has 1 aliphatic heterocycles. The van der Waals surface area contributed by atoms with E-state index in [2.05, 4.69) is 13.0 Å². The molecule has 0 aliphatic carbocycles. The molecule has 0 aromatic heterocycles. The molecule has 0 N–H and O–H groups in total. The Morgan fingerprint density at radius 3 is 2.38 bits per heavy atom. The van der Waals surface area contributed by atoms with Gasteiger partial charge in [-0.15, -0.1) is 0 Å². The molecule has 0 aromatic rings. The van der Waals surface area contributed by atoms with Crippen LogP contribution >= 0.6 is 0 Å². The zero-order chi connectivity index (χ0) is 12.0. The summed E-state index contributed by atoms with van der Waals surface area (Å²) in [7, 11) is 3.14. The fraction of sp³-hybridized carbons (Fsp3) is 0.750. The Morgan fingerprint density at radius 2 is 1.94 bits per heavy atom.